The van der Waals surface area contributed by atoms with Crippen molar-refractivity contribution in [2.45, 2.75) is 47.2 Å². The average Bonchev–Trinajstić information content (AvgIpc) is 3.19. The van der Waals surface area contributed by atoms with Crippen molar-refractivity contribution in [2.24, 2.45) is 0 Å². The van der Waals surface area contributed by atoms with Crippen molar-refractivity contribution < 1.29 is 13.2 Å². The normalized spacial score (nSPS) is 16.7. The molecular weight excluding hydrogens is 458 g/mol. The van der Waals surface area contributed by atoms with Crippen LogP contribution in [-0.2, 0) is 14.8 Å². The van der Waals surface area contributed by atoms with Gasteiger partial charge < -0.3 is 4.74 Å². The van der Waals surface area contributed by atoms with Gasteiger partial charge in [-0.2, -0.15) is 0 Å². The first-order valence-electron chi connectivity index (χ1n) is 10.7. The van der Waals surface area contributed by atoms with Crippen molar-refractivity contribution in [3.63, 3.8) is 0 Å². The molecule has 1 atom stereocenters. The lowest BCUT2D eigenvalue weighted by Crippen LogP contribution is -2.23. The van der Waals surface area contributed by atoms with E-state index >= 15 is 0 Å². The summed E-state index contributed by atoms with van der Waals surface area (Å²) in [6, 6.07) is 16.5. The van der Waals surface area contributed by atoms with Crippen LogP contribution in [0.1, 0.15) is 31.1 Å². The highest BCUT2D eigenvalue weighted by Crippen LogP contribution is 2.36. The van der Waals surface area contributed by atoms with Gasteiger partial charge in [-0.25, -0.2) is 28.1 Å². The molecule has 1 N–H and O–H groups in total. The van der Waals surface area contributed by atoms with Crippen LogP contribution in [0.4, 0.5) is 5.95 Å². The van der Waals surface area contributed by atoms with Gasteiger partial charge in [0.15, 0.2) is 5.65 Å². The number of nitrogens with one attached hydrogen (secondary N) is 1. The van der Waals surface area contributed by atoms with Crippen molar-refractivity contribution in [2.75, 3.05) is 11.3 Å². The average molecular weight is 482 g/mol. The number of benzene rings is 2. The Hall–Kier alpha value is -2.95. The van der Waals surface area contributed by atoms with Crippen molar-refractivity contribution in [1.82, 2.24) is 19.5 Å². The smallest absolute Gasteiger partial charge is 0.264 e. The molecule has 3 heterocycles. The maximum Gasteiger partial charge on any atom is 0.264 e. The van der Waals surface area contributed by atoms with Gasteiger partial charge in [-0.05, 0) is 50.5 Å². The summed E-state index contributed by atoms with van der Waals surface area (Å²) in [7, 11) is -3.85. The summed E-state index contributed by atoms with van der Waals surface area (Å²) < 4.78 is 36.7. The molecule has 10 heteroatoms. The second-order valence-electron chi connectivity index (χ2n) is 7.81. The fraction of sp³-hybridized carbons (Fsp3) is 0.261. The quantitative estimate of drug-likeness (QED) is 0.396. The van der Waals surface area contributed by atoms with E-state index in [4.69, 9.17) is 4.74 Å². The summed E-state index contributed by atoms with van der Waals surface area (Å²) in [5.74, 6) is 0.174. The lowest BCUT2D eigenvalue weighted by atomic mass is 10.2. The third-order valence-corrected chi connectivity index (χ3v) is 7.75. The van der Waals surface area contributed by atoms with Crippen LogP contribution >= 0.6 is 11.8 Å². The van der Waals surface area contributed by atoms with Gasteiger partial charge >= 0.3 is 0 Å². The third-order valence-electron chi connectivity index (χ3n) is 5.40. The molecule has 2 aromatic carbocycles. The molecule has 0 spiro atoms. The van der Waals surface area contributed by atoms with Gasteiger partial charge in [0, 0.05) is 11.5 Å². The Balaban J connectivity index is 1.60. The number of nitrogens with zero attached hydrogens (tertiary/aromatic N) is 4. The van der Waals surface area contributed by atoms with Crippen molar-refractivity contribution in [3.05, 3.63) is 66.5 Å². The molecule has 0 bridgehead atoms. The fourth-order valence-corrected chi connectivity index (χ4v) is 5.58. The van der Waals surface area contributed by atoms with Crippen molar-refractivity contribution >= 4 is 38.9 Å². The molecule has 8 nitrogen and oxygen atoms in total. The molecule has 0 saturated carbocycles. The minimum absolute atomic E-state index is 0.168. The number of aromatic nitrogens is 4. The molecule has 33 heavy (non-hydrogen) atoms. The summed E-state index contributed by atoms with van der Waals surface area (Å²) in [4.78, 5) is 14.7. The number of fused-ring (bicyclic) bond motifs is 1. The molecule has 0 aliphatic carbocycles. The molecule has 5 rings (SSSR count). The molecule has 1 aliphatic heterocycles. The Kier molecular flexibility index (Phi) is 6.05. The number of hydrogen-bond acceptors (Lipinski definition) is 7. The monoisotopic (exact) mass is 481 g/mol. The van der Waals surface area contributed by atoms with E-state index in [-0.39, 0.29) is 17.1 Å². The maximum atomic E-state index is 13.2. The molecule has 0 amide bonds. The Morgan fingerprint density at radius 2 is 1.85 bits per heavy atom. The predicted molar refractivity (Wildman–Crippen MR) is 127 cm³/mol. The Labute approximate surface area is 196 Å². The largest absolute Gasteiger partial charge is 0.358 e. The number of ether oxygens (including phenoxy) is 1. The van der Waals surface area contributed by atoms with Crippen LogP contribution in [0.15, 0.2) is 75.7 Å². The van der Waals surface area contributed by atoms with E-state index in [0.717, 1.165) is 29.7 Å². The molecule has 1 saturated heterocycles. The zero-order chi connectivity index (χ0) is 22.8. The van der Waals surface area contributed by atoms with E-state index < -0.39 is 10.0 Å². The van der Waals surface area contributed by atoms with Crippen LogP contribution in [0.25, 0.3) is 11.2 Å². The van der Waals surface area contributed by atoms with E-state index in [2.05, 4.69) is 19.7 Å². The van der Waals surface area contributed by atoms with Crippen molar-refractivity contribution in [3.8, 4) is 0 Å². The van der Waals surface area contributed by atoms with Gasteiger partial charge in [0.25, 0.3) is 10.0 Å². The maximum absolute atomic E-state index is 13.2. The SMILES string of the molecule is Cc1ccc(S(=O)(=O)Nc2nc3c(Sc4ccccc4)ncnc3n2C2CCCCO2)cc1. The van der Waals surface area contributed by atoms with Gasteiger partial charge in [0.2, 0.25) is 5.95 Å². The van der Waals surface area contributed by atoms with Gasteiger partial charge in [0.1, 0.15) is 23.1 Å². The van der Waals surface area contributed by atoms with Crippen LogP contribution in [0, 0.1) is 6.92 Å². The molecule has 2 aromatic heterocycles. The summed E-state index contributed by atoms with van der Waals surface area (Å²) in [5, 5.41) is 0.650. The molecule has 1 fully saturated rings. The predicted octanol–water partition coefficient (Wildman–Crippen LogP) is 4.79. The highest BCUT2D eigenvalue weighted by atomic mass is 32.2. The minimum atomic E-state index is -3.85. The number of imidazole rings is 1. The zero-order valence-corrected chi connectivity index (χ0v) is 19.6. The molecular formula is C23H23N5O3S2. The first-order valence-corrected chi connectivity index (χ1v) is 13.0. The molecule has 4 aromatic rings. The summed E-state index contributed by atoms with van der Waals surface area (Å²) in [6.07, 6.45) is 3.81. The first-order chi connectivity index (χ1) is 16.0. The molecule has 170 valence electrons. The van der Waals surface area contributed by atoms with E-state index in [1.807, 2.05) is 37.3 Å². The van der Waals surface area contributed by atoms with Crippen LogP contribution < -0.4 is 4.72 Å². The second kappa shape index (κ2) is 9.12. The second-order valence-corrected chi connectivity index (χ2v) is 10.6. The number of sulfonamides is 1. The van der Waals surface area contributed by atoms with Crippen LogP contribution in [0.3, 0.4) is 0 Å². The Morgan fingerprint density at radius 3 is 2.58 bits per heavy atom. The van der Waals surface area contributed by atoms with E-state index in [1.165, 1.54) is 18.1 Å². The van der Waals surface area contributed by atoms with Gasteiger partial charge in [-0.3, -0.25) is 4.57 Å². The summed E-state index contributed by atoms with van der Waals surface area (Å²) >= 11 is 1.46. The first kappa shape index (κ1) is 21.9. The Morgan fingerprint density at radius 1 is 1.06 bits per heavy atom. The van der Waals surface area contributed by atoms with Gasteiger partial charge in [0.05, 0.1) is 4.90 Å². The third kappa shape index (κ3) is 4.59. The van der Waals surface area contributed by atoms with Gasteiger partial charge in [-0.1, -0.05) is 47.7 Å². The van der Waals surface area contributed by atoms with E-state index in [9.17, 15) is 8.42 Å². The van der Waals surface area contributed by atoms with Crippen LogP contribution in [0.5, 0.6) is 0 Å². The van der Waals surface area contributed by atoms with Crippen molar-refractivity contribution in [1.29, 1.82) is 0 Å². The highest BCUT2D eigenvalue weighted by Gasteiger charge is 2.27. The Bertz CT molecular complexity index is 1370. The number of rotatable bonds is 6. The lowest BCUT2D eigenvalue weighted by Gasteiger charge is -2.25. The summed E-state index contributed by atoms with van der Waals surface area (Å²) in [5.41, 5.74) is 2.05. The highest BCUT2D eigenvalue weighted by molar-refractivity contribution is 7.99. The lowest BCUT2D eigenvalue weighted by molar-refractivity contribution is -0.0284. The summed E-state index contributed by atoms with van der Waals surface area (Å²) in [6.45, 7) is 2.51. The minimum Gasteiger partial charge on any atom is -0.358 e. The molecule has 1 unspecified atom stereocenters. The number of aryl methyl sites for hydroxylation is 1. The standard InChI is InChI=1S/C23H23N5O3S2/c1-16-10-12-18(13-11-16)33(29,30)27-23-26-20-21(28(23)19-9-5-6-14-31-19)24-15-25-22(20)32-17-7-3-2-4-8-17/h2-4,7-8,10-13,15,19H,5-6,9,14H2,1H3,(H,26,27). The van der Waals surface area contributed by atoms with Crippen LogP contribution in [-0.4, -0.2) is 34.5 Å². The van der Waals surface area contributed by atoms with E-state index in [0.29, 0.717) is 22.8 Å². The number of anilines is 1. The van der Waals surface area contributed by atoms with Crippen LogP contribution in [0.2, 0.25) is 0 Å². The fourth-order valence-electron chi connectivity index (χ4n) is 3.73. The number of hydrogen-bond donors (Lipinski definition) is 1. The topological polar surface area (TPSA) is 99.0 Å². The zero-order valence-electron chi connectivity index (χ0n) is 18.0. The molecule has 0 radical (unpaired) electrons. The van der Waals surface area contributed by atoms with Gasteiger partial charge in [-0.15, -0.1) is 0 Å². The van der Waals surface area contributed by atoms with E-state index in [1.54, 1.807) is 28.8 Å². The molecule has 1 aliphatic rings.